The number of thioether (sulfide) groups is 1. The number of anilines is 2. The number of hydrogen-bond acceptors (Lipinski definition) is 5. The zero-order valence-electron chi connectivity index (χ0n) is 15.0. The first kappa shape index (κ1) is 20.3. The van der Waals surface area contributed by atoms with Crippen LogP contribution in [0.2, 0.25) is 0 Å². The molecule has 0 unspecified atom stereocenters. The number of carbonyl (C=O) groups excluding carboxylic acids is 3. The first-order valence-corrected chi connectivity index (χ1v) is 9.35. The lowest BCUT2D eigenvalue weighted by Crippen LogP contribution is -2.20. The molecule has 6 nitrogen and oxygen atoms in total. The van der Waals surface area contributed by atoms with Crippen molar-refractivity contribution < 1.29 is 19.1 Å². The van der Waals surface area contributed by atoms with Gasteiger partial charge in [0.25, 0.3) is 5.91 Å². The topological polar surface area (TPSA) is 84.5 Å². The van der Waals surface area contributed by atoms with Crippen molar-refractivity contribution >= 4 is 47.0 Å². The molecule has 0 saturated heterocycles. The van der Waals surface area contributed by atoms with E-state index >= 15 is 0 Å². The molecular formula is C20H20N2O4S. The Morgan fingerprint density at radius 1 is 0.963 bits per heavy atom. The summed E-state index contributed by atoms with van der Waals surface area (Å²) in [6.45, 7) is 1.03. The van der Waals surface area contributed by atoms with E-state index in [1.165, 1.54) is 13.0 Å². The summed E-state index contributed by atoms with van der Waals surface area (Å²) in [5.74, 6) is -1.22. The number of carbonyl (C=O) groups is 3. The van der Waals surface area contributed by atoms with E-state index in [1.807, 2.05) is 30.5 Å². The quantitative estimate of drug-likeness (QED) is 0.433. The van der Waals surface area contributed by atoms with Crippen molar-refractivity contribution in [2.24, 2.45) is 0 Å². The number of ether oxygens (including phenoxy) is 1. The highest BCUT2D eigenvalue weighted by molar-refractivity contribution is 7.98. The lowest BCUT2D eigenvalue weighted by atomic mass is 10.2. The predicted molar refractivity (Wildman–Crippen MR) is 108 cm³/mol. The molecule has 2 aromatic carbocycles. The van der Waals surface area contributed by atoms with Crippen LogP contribution < -0.4 is 10.6 Å². The fourth-order valence-corrected chi connectivity index (χ4v) is 2.51. The number of esters is 1. The van der Waals surface area contributed by atoms with E-state index in [0.717, 1.165) is 10.5 Å². The zero-order chi connectivity index (χ0) is 19.6. The number of benzene rings is 2. The van der Waals surface area contributed by atoms with Crippen molar-refractivity contribution in [3.05, 3.63) is 60.2 Å². The maximum absolute atomic E-state index is 11.8. The third kappa shape index (κ3) is 7.37. The molecule has 0 aliphatic heterocycles. The monoisotopic (exact) mass is 384 g/mol. The molecule has 0 heterocycles. The van der Waals surface area contributed by atoms with E-state index in [0.29, 0.717) is 11.4 Å². The third-order valence-corrected chi connectivity index (χ3v) is 4.11. The van der Waals surface area contributed by atoms with Crippen LogP contribution in [-0.2, 0) is 19.1 Å². The van der Waals surface area contributed by atoms with E-state index in [-0.39, 0.29) is 12.5 Å². The minimum atomic E-state index is -0.597. The molecule has 0 aliphatic rings. The second kappa shape index (κ2) is 10.2. The molecule has 0 saturated carbocycles. The van der Waals surface area contributed by atoms with Crippen LogP contribution in [0.3, 0.4) is 0 Å². The van der Waals surface area contributed by atoms with Crippen LogP contribution in [0.5, 0.6) is 0 Å². The molecule has 0 spiro atoms. The van der Waals surface area contributed by atoms with Gasteiger partial charge in [-0.05, 0) is 54.3 Å². The Labute approximate surface area is 162 Å². The zero-order valence-corrected chi connectivity index (χ0v) is 15.8. The number of rotatable bonds is 7. The molecular weight excluding hydrogens is 364 g/mol. The SMILES string of the molecule is CSc1ccc(/C=C/C(=O)OCC(=O)Nc2ccc(NC(C)=O)cc2)cc1. The average molecular weight is 384 g/mol. The van der Waals surface area contributed by atoms with Crippen LogP contribution in [0.15, 0.2) is 59.5 Å². The predicted octanol–water partition coefficient (Wildman–Crippen LogP) is 3.56. The van der Waals surface area contributed by atoms with E-state index in [2.05, 4.69) is 10.6 Å². The van der Waals surface area contributed by atoms with Crippen molar-refractivity contribution in [1.82, 2.24) is 0 Å². The lowest BCUT2D eigenvalue weighted by molar-refractivity contribution is -0.142. The normalized spacial score (nSPS) is 10.4. The van der Waals surface area contributed by atoms with E-state index < -0.39 is 11.9 Å². The van der Waals surface area contributed by atoms with Crippen LogP contribution in [0, 0.1) is 0 Å². The van der Waals surface area contributed by atoms with E-state index in [4.69, 9.17) is 4.74 Å². The van der Waals surface area contributed by atoms with Gasteiger partial charge in [0, 0.05) is 29.3 Å². The Hall–Kier alpha value is -3.06. The molecule has 140 valence electrons. The summed E-state index contributed by atoms with van der Waals surface area (Å²) >= 11 is 1.64. The van der Waals surface area contributed by atoms with Gasteiger partial charge in [-0.3, -0.25) is 9.59 Å². The Bertz CT molecular complexity index is 830. The Kier molecular flexibility index (Phi) is 7.63. The van der Waals surface area contributed by atoms with E-state index in [9.17, 15) is 14.4 Å². The van der Waals surface area contributed by atoms with Crippen molar-refractivity contribution in [3.63, 3.8) is 0 Å². The van der Waals surface area contributed by atoms with Crippen LogP contribution in [0.4, 0.5) is 11.4 Å². The molecule has 27 heavy (non-hydrogen) atoms. The summed E-state index contributed by atoms with van der Waals surface area (Å²) in [5, 5.41) is 5.24. The molecule has 0 fully saturated rings. The largest absolute Gasteiger partial charge is 0.452 e. The standard InChI is InChI=1S/C20H20N2O4S/c1-14(23)21-16-6-8-17(9-7-16)22-19(24)13-26-20(25)12-5-15-3-10-18(27-2)11-4-15/h3-12H,13H2,1-2H3,(H,21,23)(H,22,24)/b12-5+. The smallest absolute Gasteiger partial charge is 0.331 e. The van der Waals surface area contributed by atoms with Crippen molar-refractivity contribution in [2.45, 2.75) is 11.8 Å². The maximum atomic E-state index is 11.8. The summed E-state index contributed by atoms with van der Waals surface area (Å²) in [6, 6.07) is 14.3. The molecule has 0 bridgehead atoms. The molecule has 0 aromatic heterocycles. The van der Waals surface area contributed by atoms with Crippen LogP contribution >= 0.6 is 11.8 Å². The van der Waals surface area contributed by atoms with Gasteiger partial charge in [-0.25, -0.2) is 4.79 Å². The molecule has 2 N–H and O–H groups in total. The van der Waals surface area contributed by atoms with Gasteiger partial charge < -0.3 is 15.4 Å². The second-order valence-electron chi connectivity index (χ2n) is 5.52. The van der Waals surface area contributed by atoms with Crippen molar-refractivity contribution in [1.29, 1.82) is 0 Å². The number of amides is 2. The third-order valence-electron chi connectivity index (χ3n) is 3.36. The van der Waals surface area contributed by atoms with Crippen LogP contribution in [-0.4, -0.2) is 30.6 Å². The van der Waals surface area contributed by atoms with Gasteiger partial charge in [0.05, 0.1) is 0 Å². The van der Waals surface area contributed by atoms with Gasteiger partial charge in [-0.1, -0.05) is 12.1 Å². The molecule has 2 rings (SSSR count). The maximum Gasteiger partial charge on any atom is 0.331 e. The van der Waals surface area contributed by atoms with Gasteiger partial charge in [0.2, 0.25) is 5.91 Å². The summed E-state index contributed by atoms with van der Waals surface area (Å²) in [5.41, 5.74) is 2.03. The lowest BCUT2D eigenvalue weighted by Gasteiger charge is -2.07. The summed E-state index contributed by atoms with van der Waals surface area (Å²) < 4.78 is 4.92. The molecule has 0 atom stereocenters. The molecule has 0 aliphatic carbocycles. The van der Waals surface area contributed by atoms with Gasteiger partial charge in [-0.15, -0.1) is 11.8 Å². The molecule has 0 radical (unpaired) electrons. The van der Waals surface area contributed by atoms with Gasteiger partial charge >= 0.3 is 5.97 Å². The molecule has 7 heteroatoms. The summed E-state index contributed by atoms with van der Waals surface area (Å²) in [7, 11) is 0. The van der Waals surface area contributed by atoms with Gasteiger partial charge in [0.1, 0.15) is 0 Å². The summed E-state index contributed by atoms with van der Waals surface area (Å²) in [4.78, 5) is 35.6. The molecule has 2 amide bonds. The van der Waals surface area contributed by atoms with Crippen molar-refractivity contribution in [2.75, 3.05) is 23.5 Å². The van der Waals surface area contributed by atoms with Gasteiger partial charge in [-0.2, -0.15) is 0 Å². The highest BCUT2D eigenvalue weighted by Gasteiger charge is 2.06. The second-order valence-corrected chi connectivity index (χ2v) is 6.40. The average Bonchev–Trinajstić information content (AvgIpc) is 2.66. The summed E-state index contributed by atoms with van der Waals surface area (Å²) in [6.07, 6.45) is 4.90. The highest BCUT2D eigenvalue weighted by atomic mass is 32.2. The fourth-order valence-electron chi connectivity index (χ4n) is 2.10. The molecule has 2 aromatic rings. The van der Waals surface area contributed by atoms with Crippen LogP contribution in [0.1, 0.15) is 12.5 Å². The van der Waals surface area contributed by atoms with Crippen molar-refractivity contribution in [3.8, 4) is 0 Å². The number of nitrogens with one attached hydrogen (secondary N) is 2. The van der Waals surface area contributed by atoms with E-state index in [1.54, 1.807) is 42.1 Å². The Morgan fingerprint density at radius 3 is 2.11 bits per heavy atom. The van der Waals surface area contributed by atoms with Gasteiger partial charge in [0.15, 0.2) is 6.61 Å². The highest BCUT2D eigenvalue weighted by Crippen LogP contribution is 2.15. The number of hydrogen-bond donors (Lipinski definition) is 2. The first-order valence-electron chi connectivity index (χ1n) is 8.12. The first-order chi connectivity index (χ1) is 13.0. The Balaban J connectivity index is 1.77. The van der Waals surface area contributed by atoms with Crippen LogP contribution in [0.25, 0.3) is 6.08 Å². The fraction of sp³-hybridized carbons (Fsp3) is 0.150. The minimum absolute atomic E-state index is 0.174. The Morgan fingerprint density at radius 2 is 1.56 bits per heavy atom. The minimum Gasteiger partial charge on any atom is -0.452 e.